The van der Waals surface area contributed by atoms with Gasteiger partial charge in [0.2, 0.25) is 0 Å². The molecule has 0 aromatic rings. The molecule has 4 nitrogen and oxygen atoms in total. The fourth-order valence-corrected chi connectivity index (χ4v) is 3.24. The monoisotopic (exact) mass is 370 g/mol. The molecule has 0 rings (SSSR count). The summed E-state index contributed by atoms with van der Waals surface area (Å²) in [6, 6.07) is 0. The zero-order chi connectivity index (χ0) is 19.8. The number of ether oxygens (including phenoxy) is 3. The molecule has 0 aliphatic heterocycles. The Hall–Kier alpha value is -0.870. The number of unbranched alkanes of at least 4 members (excludes halogenated alkanes) is 5. The second-order valence-electron chi connectivity index (χ2n) is 7.27. The van der Waals surface area contributed by atoms with E-state index in [2.05, 4.69) is 20.4 Å². The Morgan fingerprint density at radius 2 is 1.65 bits per heavy atom. The van der Waals surface area contributed by atoms with E-state index in [-0.39, 0.29) is 17.7 Å². The number of rotatable bonds is 17. The predicted octanol–water partition coefficient (Wildman–Crippen LogP) is 5.84. The summed E-state index contributed by atoms with van der Waals surface area (Å²) in [4.78, 5) is 11.5. The Kier molecular flexibility index (Phi) is 14.7. The highest BCUT2D eigenvalue weighted by molar-refractivity contribution is 5.86. The summed E-state index contributed by atoms with van der Waals surface area (Å²) >= 11 is 0. The minimum Gasteiger partial charge on any atom is -0.462 e. The Balaban J connectivity index is 4.50. The van der Waals surface area contributed by atoms with E-state index in [1.165, 1.54) is 38.5 Å². The topological polar surface area (TPSA) is 44.8 Å². The third kappa shape index (κ3) is 11.0. The number of hydrogen-bond donors (Lipinski definition) is 0. The van der Waals surface area contributed by atoms with E-state index in [4.69, 9.17) is 14.2 Å². The first-order valence-corrected chi connectivity index (χ1v) is 10.5. The molecule has 0 heterocycles. The third-order valence-electron chi connectivity index (χ3n) is 4.74. The van der Waals surface area contributed by atoms with Crippen LogP contribution in [0.5, 0.6) is 0 Å². The van der Waals surface area contributed by atoms with Crippen molar-refractivity contribution in [2.24, 2.45) is 0 Å². The standard InChI is InChI=1S/C22H42O4/c1-7-10-11-12-13-14-16-20(24-8-2)22(6,26-9-3)17-15-18-25-21(23)19(4)5/h20H,4,7-18H2,1-3,5-6H3. The number of esters is 1. The molecule has 0 N–H and O–H groups in total. The van der Waals surface area contributed by atoms with Gasteiger partial charge in [-0.25, -0.2) is 4.79 Å². The molecule has 0 aromatic carbocycles. The molecule has 2 atom stereocenters. The van der Waals surface area contributed by atoms with Crippen molar-refractivity contribution in [2.75, 3.05) is 19.8 Å². The average molecular weight is 371 g/mol. The number of carbonyl (C=O) groups is 1. The van der Waals surface area contributed by atoms with Crippen LogP contribution in [0.3, 0.4) is 0 Å². The lowest BCUT2D eigenvalue weighted by atomic mass is 9.89. The Bertz CT molecular complexity index is 380. The first-order valence-electron chi connectivity index (χ1n) is 10.5. The first-order chi connectivity index (χ1) is 12.4. The smallest absolute Gasteiger partial charge is 0.333 e. The summed E-state index contributed by atoms with van der Waals surface area (Å²) in [6.45, 7) is 15.4. The van der Waals surface area contributed by atoms with Gasteiger partial charge in [0.1, 0.15) is 0 Å². The van der Waals surface area contributed by atoms with Crippen molar-refractivity contribution in [1.29, 1.82) is 0 Å². The minimum atomic E-state index is -0.343. The molecule has 0 fully saturated rings. The molecule has 0 saturated heterocycles. The summed E-state index contributed by atoms with van der Waals surface area (Å²) in [6.07, 6.45) is 10.3. The normalized spacial score (nSPS) is 14.7. The highest BCUT2D eigenvalue weighted by Crippen LogP contribution is 2.29. The van der Waals surface area contributed by atoms with Crippen molar-refractivity contribution >= 4 is 5.97 Å². The van der Waals surface area contributed by atoms with Crippen LogP contribution in [0, 0.1) is 0 Å². The van der Waals surface area contributed by atoms with Gasteiger partial charge in [0, 0.05) is 18.8 Å². The molecule has 154 valence electrons. The van der Waals surface area contributed by atoms with Gasteiger partial charge in [-0.05, 0) is 47.0 Å². The average Bonchev–Trinajstić information content (AvgIpc) is 2.60. The van der Waals surface area contributed by atoms with Crippen molar-refractivity contribution in [2.45, 2.75) is 104 Å². The van der Waals surface area contributed by atoms with E-state index in [1.807, 2.05) is 13.8 Å². The summed E-state index contributed by atoms with van der Waals surface area (Å²) in [5, 5.41) is 0. The van der Waals surface area contributed by atoms with Crippen molar-refractivity contribution in [3.8, 4) is 0 Å². The van der Waals surface area contributed by atoms with E-state index >= 15 is 0 Å². The van der Waals surface area contributed by atoms with Crippen LogP contribution in [0.25, 0.3) is 0 Å². The summed E-state index contributed by atoms with van der Waals surface area (Å²) in [5.74, 6) is -0.323. The van der Waals surface area contributed by atoms with Crippen molar-refractivity contribution in [3.63, 3.8) is 0 Å². The van der Waals surface area contributed by atoms with Crippen LogP contribution in [0.2, 0.25) is 0 Å². The zero-order valence-corrected chi connectivity index (χ0v) is 17.9. The van der Waals surface area contributed by atoms with Gasteiger partial charge in [-0.2, -0.15) is 0 Å². The molecular formula is C22H42O4. The molecule has 0 radical (unpaired) electrons. The van der Waals surface area contributed by atoms with E-state index < -0.39 is 0 Å². The van der Waals surface area contributed by atoms with E-state index in [1.54, 1.807) is 6.92 Å². The quantitative estimate of drug-likeness (QED) is 0.183. The molecule has 0 aliphatic carbocycles. The fourth-order valence-electron chi connectivity index (χ4n) is 3.24. The zero-order valence-electron chi connectivity index (χ0n) is 17.9. The molecule has 2 unspecified atom stereocenters. The molecule has 0 spiro atoms. The third-order valence-corrected chi connectivity index (χ3v) is 4.74. The fraction of sp³-hybridized carbons (Fsp3) is 0.864. The van der Waals surface area contributed by atoms with Gasteiger partial charge < -0.3 is 14.2 Å². The first kappa shape index (κ1) is 25.1. The molecule has 0 aromatic heterocycles. The van der Waals surface area contributed by atoms with Crippen LogP contribution in [0.4, 0.5) is 0 Å². The second-order valence-corrected chi connectivity index (χ2v) is 7.27. The molecule has 0 bridgehead atoms. The molecule has 0 saturated carbocycles. The predicted molar refractivity (Wildman–Crippen MR) is 108 cm³/mol. The van der Waals surface area contributed by atoms with Crippen LogP contribution in [-0.4, -0.2) is 37.5 Å². The van der Waals surface area contributed by atoms with Crippen molar-refractivity contribution in [1.82, 2.24) is 0 Å². The van der Waals surface area contributed by atoms with Crippen molar-refractivity contribution in [3.05, 3.63) is 12.2 Å². The minimum absolute atomic E-state index is 0.0791. The van der Waals surface area contributed by atoms with Gasteiger partial charge in [0.25, 0.3) is 0 Å². The van der Waals surface area contributed by atoms with Gasteiger partial charge in [-0.1, -0.05) is 52.0 Å². The summed E-state index contributed by atoms with van der Waals surface area (Å²) in [7, 11) is 0. The number of carbonyl (C=O) groups excluding carboxylic acids is 1. The van der Waals surface area contributed by atoms with E-state index in [0.29, 0.717) is 25.4 Å². The van der Waals surface area contributed by atoms with E-state index in [0.717, 1.165) is 19.3 Å². The van der Waals surface area contributed by atoms with E-state index in [9.17, 15) is 4.79 Å². The SMILES string of the molecule is C=C(C)C(=O)OCCCC(C)(OCC)C(CCCCCCCC)OCC. The molecule has 0 aliphatic rings. The van der Waals surface area contributed by atoms with Crippen molar-refractivity contribution < 1.29 is 19.0 Å². The maximum absolute atomic E-state index is 11.5. The van der Waals surface area contributed by atoms with Crippen LogP contribution in [0.15, 0.2) is 12.2 Å². The maximum atomic E-state index is 11.5. The molecule has 0 amide bonds. The molecule has 4 heteroatoms. The maximum Gasteiger partial charge on any atom is 0.333 e. The highest BCUT2D eigenvalue weighted by Gasteiger charge is 2.35. The van der Waals surface area contributed by atoms with Crippen LogP contribution >= 0.6 is 0 Å². The lowest BCUT2D eigenvalue weighted by molar-refractivity contribution is -0.146. The lowest BCUT2D eigenvalue weighted by Gasteiger charge is -2.37. The second kappa shape index (κ2) is 15.2. The van der Waals surface area contributed by atoms with Gasteiger partial charge in [0.05, 0.1) is 18.3 Å². The Labute approximate surface area is 161 Å². The van der Waals surface area contributed by atoms with Crippen LogP contribution in [0.1, 0.15) is 92.4 Å². The molecule has 26 heavy (non-hydrogen) atoms. The Morgan fingerprint density at radius 3 is 2.23 bits per heavy atom. The summed E-state index contributed by atoms with van der Waals surface area (Å²) < 4.78 is 17.4. The van der Waals surface area contributed by atoms with Crippen LogP contribution < -0.4 is 0 Å². The lowest BCUT2D eigenvalue weighted by Crippen LogP contribution is -2.44. The summed E-state index contributed by atoms with van der Waals surface area (Å²) in [5.41, 5.74) is 0.0944. The van der Waals surface area contributed by atoms with Gasteiger partial charge in [-0.3, -0.25) is 0 Å². The number of hydrogen-bond acceptors (Lipinski definition) is 4. The van der Waals surface area contributed by atoms with Crippen LogP contribution in [-0.2, 0) is 19.0 Å². The van der Waals surface area contributed by atoms with Gasteiger partial charge >= 0.3 is 5.97 Å². The molecular weight excluding hydrogens is 328 g/mol. The van der Waals surface area contributed by atoms with Gasteiger partial charge in [0.15, 0.2) is 0 Å². The van der Waals surface area contributed by atoms with Gasteiger partial charge in [-0.15, -0.1) is 0 Å². The largest absolute Gasteiger partial charge is 0.462 e. The Morgan fingerprint density at radius 1 is 1.00 bits per heavy atom. The highest BCUT2D eigenvalue weighted by atomic mass is 16.6.